The molecule has 0 fully saturated rings. The SMILES string of the molecule is Brc1cncc2nc(-c3ccccc3)n(Cc3ccccc3)c12. The molecule has 2 aromatic heterocycles. The van der Waals surface area contributed by atoms with Crippen molar-refractivity contribution >= 4 is 27.0 Å². The standard InChI is InChI=1S/C19H14BrN3/c20-16-11-21-12-17-18(16)23(13-14-7-3-1-4-8-14)19(22-17)15-9-5-2-6-10-15/h1-12H,13H2. The summed E-state index contributed by atoms with van der Waals surface area (Å²) in [5.74, 6) is 0.957. The topological polar surface area (TPSA) is 30.7 Å². The molecule has 23 heavy (non-hydrogen) atoms. The Morgan fingerprint density at radius 1 is 0.870 bits per heavy atom. The predicted octanol–water partition coefficient (Wildman–Crippen LogP) is 4.91. The summed E-state index contributed by atoms with van der Waals surface area (Å²) in [5, 5.41) is 0. The molecule has 0 radical (unpaired) electrons. The van der Waals surface area contributed by atoms with Gasteiger partial charge in [-0.1, -0.05) is 60.7 Å². The van der Waals surface area contributed by atoms with Crippen molar-refractivity contribution < 1.29 is 0 Å². The van der Waals surface area contributed by atoms with Gasteiger partial charge in [-0.2, -0.15) is 0 Å². The van der Waals surface area contributed by atoms with Crippen LogP contribution in [-0.2, 0) is 6.54 Å². The molecule has 0 aliphatic heterocycles. The van der Waals surface area contributed by atoms with Gasteiger partial charge in [0.05, 0.1) is 16.2 Å². The third-order valence-electron chi connectivity index (χ3n) is 3.82. The molecular weight excluding hydrogens is 350 g/mol. The number of imidazole rings is 1. The predicted molar refractivity (Wildman–Crippen MR) is 96.2 cm³/mol. The van der Waals surface area contributed by atoms with Gasteiger partial charge in [0.2, 0.25) is 0 Å². The molecule has 2 aromatic carbocycles. The smallest absolute Gasteiger partial charge is 0.141 e. The highest BCUT2D eigenvalue weighted by Crippen LogP contribution is 2.29. The van der Waals surface area contributed by atoms with Crippen molar-refractivity contribution in [3.8, 4) is 11.4 Å². The van der Waals surface area contributed by atoms with Gasteiger partial charge < -0.3 is 4.57 Å². The summed E-state index contributed by atoms with van der Waals surface area (Å²) < 4.78 is 3.20. The highest BCUT2D eigenvalue weighted by molar-refractivity contribution is 9.10. The minimum atomic E-state index is 0.768. The van der Waals surface area contributed by atoms with E-state index < -0.39 is 0 Å². The highest BCUT2D eigenvalue weighted by Gasteiger charge is 2.15. The van der Waals surface area contributed by atoms with E-state index in [-0.39, 0.29) is 0 Å². The lowest BCUT2D eigenvalue weighted by molar-refractivity contribution is 0.833. The van der Waals surface area contributed by atoms with E-state index in [0.717, 1.165) is 33.4 Å². The van der Waals surface area contributed by atoms with Crippen LogP contribution in [0.25, 0.3) is 22.4 Å². The largest absolute Gasteiger partial charge is 0.318 e. The summed E-state index contributed by atoms with van der Waals surface area (Å²) in [5.41, 5.74) is 4.32. The summed E-state index contributed by atoms with van der Waals surface area (Å²) in [7, 11) is 0. The Balaban J connectivity index is 1.95. The van der Waals surface area contributed by atoms with Crippen LogP contribution in [0.5, 0.6) is 0 Å². The first kappa shape index (κ1) is 14.2. The van der Waals surface area contributed by atoms with Gasteiger partial charge in [-0.25, -0.2) is 4.98 Å². The molecular formula is C19H14BrN3. The Hall–Kier alpha value is -2.46. The van der Waals surface area contributed by atoms with Gasteiger partial charge in [0.25, 0.3) is 0 Å². The van der Waals surface area contributed by atoms with Crippen LogP contribution < -0.4 is 0 Å². The van der Waals surface area contributed by atoms with E-state index in [1.807, 2.05) is 36.7 Å². The lowest BCUT2D eigenvalue weighted by Gasteiger charge is -2.10. The van der Waals surface area contributed by atoms with E-state index in [4.69, 9.17) is 4.98 Å². The van der Waals surface area contributed by atoms with E-state index in [0.29, 0.717) is 0 Å². The molecule has 0 aliphatic rings. The van der Waals surface area contributed by atoms with Gasteiger partial charge in [0, 0.05) is 18.3 Å². The minimum absolute atomic E-state index is 0.768. The minimum Gasteiger partial charge on any atom is -0.318 e. The average Bonchev–Trinajstić information content (AvgIpc) is 2.96. The Morgan fingerprint density at radius 3 is 2.30 bits per heavy atom. The van der Waals surface area contributed by atoms with Crippen LogP contribution in [0.2, 0.25) is 0 Å². The first-order valence-electron chi connectivity index (χ1n) is 7.42. The van der Waals surface area contributed by atoms with Crippen molar-refractivity contribution in [2.45, 2.75) is 6.54 Å². The van der Waals surface area contributed by atoms with E-state index in [2.05, 4.69) is 61.9 Å². The number of benzene rings is 2. The Morgan fingerprint density at radius 2 is 1.57 bits per heavy atom. The van der Waals surface area contributed by atoms with Crippen molar-refractivity contribution in [3.05, 3.63) is 83.1 Å². The van der Waals surface area contributed by atoms with Gasteiger partial charge in [0.1, 0.15) is 11.3 Å². The van der Waals surface area contributed by atoms with Crippen molar-refractivity contribution in [2.24, 2.45) is 0 Å². The Bertz CT molecular complexity index is 946. The second-order valence-electron chi connectivity index (χ2n) is 5.36. The molecule has 0 unspecified atom stereocenters. The number of hydrogen-bond acceptors (Lipinski definition) is 2. The van der Waals surface area contributed by atoms with Crippen molar-refractivity contribution in [2.75, 3.05) is 0 Å². The van der Waals surface area contributed by atoms with E-state index in [9.17, 15) is 0 Å². The number of rotatable bonds is 3. The molecule has 2 heterocycles. The van der Waals surface area contributed by atoms with Gasteiger partial charge in [-0.05, 0) is 21.5 Å². The molecule has 0 N–H and O–H groups in total. The maximum Gasteiger partial charge on any atom is 0.141 e. The fourth-order valence-electron chi connectivity index (χ4n) is 2.77. The number of nitrogens with zero attached hydrogens (tertiary/aromatic N) is 3. The molecule has 0 spiro atoms. The maximum absolute atomic E-state index is 4.81. The first-order valence-corrected chi connectivity index (χ1v) is 8.21. The van der Waals surface area contributed by atoms with Crippen LogP contribution >= 0.6 is 15.9 Å². The van der Waals surface area contributed by atoms with E-state index in [1.165, 1.54) is 5.56 Å². The number of hydrogen-bond donors (Lipinski definition) is 0. The zero-order chi connectivity index (χ0) is 15.6. The zero-order valence-corrected chi connectivity index (χ0v) is 13.9. The number of halogens is 1. The first-order chi connectivity index (χ1) is 11.3. The van der Waals surface area contributed by atoms with Crippen LogP contribution in [0.15, 0.2) is 77.5 Å². The highest BCUT2D eigenvalue weighted by atomic mass is 79.9. The van der Waals surface area contributed by atoms with E-state index in [1.54, 1.807) is 0 Å². The Labute approximate surface area is 142 Å². The fourth-order valence-corrected chi connectivity index (χ4v) is 3.31. The third kappa shape index (κ3) is 2.66. The second kappa shape index (κ2) is 5.97. The molecule has 0 saturated carbocycles. The van der Waals surface area contributed by atoms with Crippen LogP contribution in [0, 0.1) is 0 Å². The average molecular weight is 364 g/mol. The quantitative estimate of drug-likeness (QED) is 0.517. The second-order valence-corrected chi connectivity index (χ2v) is 6.22. The van der Waals surface area contributed by atoms with Crippen LogP contribution in [-0.4, -0.2) is 14.5 Å². The Kier molecular flexibility index (Phi) is 3.67. The van der Waals surface area contributed by atoms with E-state index >= 15 is 0 Å². The number of aromatic nitrogens is 3. The molecule has 0 aliphatic carbocycles. The van der Waals surface area contributed by atoms with Crippen LogP contribution in [0.1, 0.15) is 5.56 Å². The lowest BCUT2D eigenvalue weighted by Crippen LogP contribution is -2.02. The van der Waals surface area contributed by atoms with Crippen molar-refractivity contribution in [1.29, 1.82) is 0 Å². The van der Waals surface area contributed by atoms with Crippen molar-refractivity contribution in [3.63, 3.8) is 0 Å². The molecule has 0 bridgehead atoms. The molecule has 4 heteroatoms. The van der Waals surface area contributed by atoms with Gasteiger partial charge in [0.15, 0.2) is 0 Å². The summed E-state index contributed by atoms with van der Waals surface area (Å²) in [6, 6.07) is 20.7. The number of pyridine rings is 1. The van der Waals surface area contributed by atoms with Crippen molar-refractivity contribution in [1.82, 2.24) is 14.5 Å². The summed E-state index contributed by atoms with van der Waals surface area (Å²) >= 11 is 3.62. The molecule has 4 rings (SSSR count). The number of fused-ring (bicyclic) bond motifs is 1. The maximum atomic E-state index is 4.81. The normalized spacial score (nSPS) is 11.0. The molecule has 0 atom stereocenters. The molecule has 112 valence electrons. The summed E-state index contributed by atoms with van der Waals surface area (Å²) in [6.45, 7) is 0.768. The van der Waals surface area contributed by atoms with Crippen LogP contribution in [0.3, 0.4) is 0 Å². The lowest BCUT2D eigenvalue weighted by atomic mass is 10.2. The summed E-state index contributed by atoms with van der Waals surface area (Å²) in [6.07, 6.45) is 3.63. The van der Waals surface area contributed by atoms with Gasteiger partial charge in [-0.15, -0.1) is 0 Å². The van der Waals surface area contributed by atoms with Gasteiger partial charge in [-0.3, -0.25) is 4.98 Å². The van der Waals surface area contributed by atoms with Gasteiger partial charge >= 0.3 is 0 Å². The zero-order valence-electron chi connectivity index (χ0n) is 12.4. The monoisotopic (exact) mass is 363 g/mol. The summed E-state index contributed by atoms with van der Waals surface area (Å²) in [4.78, 5) is 9.06. The fraction of sp³-hybridized carbons (Fsp3) is 0.0526. The molecule has 4 aromatic rings. The molecule has 3 nitrogen and oxygen atoms in total. The van der Waals surface area contributed by atoms with Crippen LogP contribution in [0.4, 0.5) is 0 Å². The molecule has 0 saturated heterocycles. The third-order valence-corrected chi connectivity index (χ3v) is 4.40. The molecule has 0 amide bonds.